The maximum atomic E-state index is 15.0. The molecule has 6 heterocycles. The molecule has 0 saturated carbocycles. The Kier molecular flexibility index (Phi) is 7.53. The smallest absolute Gasteiger partial charge is 0.318 e. The average molecular weight is 669 g/mol. The van der Waals surface area contributed by atoms with Crippen LogP contribution in [-0.2, 0) is 29.4 Å². The Hall–Kier alpha value is -3.29. The molecule has 2 aromatic carbocycles. The van der Waals surface area contributed by atoms with Gasteiger partial charge >= 0.3 is 6.01 Å². The van der Waals surface area contributed by atoms with Crippen molar-refractivity contribution in [2.75, 3.05) is 54.9 Å². The third-order valence-corrected chi connectivity index (χ3v) is 12.7. The van der Waals surface area contributed by atoms with Gasteiger partial charge < -0.3 is 19.6 Å². The first-order chi connectivity index (χ1) is 22.6. The lowest BCUT2D eigenvalue weighted by molar-refractivity contribution is 0.107. The molecular formula is C34H42F2N6O4S. The van der Waals surface area contributed by atoms with Gasteiger partial charge in [0, 0.05) is 55.3 Å². The van der Waals surface area contributed by atoms with Gasteiger partial charge in [0.05, 0.1) is 29.1 Å². The second-order valence-corrected chi connectivity index (χ2v) is 16.1. The van der Waals surface area contributed by atoms with Crippen molar-refractivity contribution in [2.24, 2.45) is 0 Å². The lowest BCUT2D eigenvalue weighted by atomic mass is 9.87. The van der Waals surface area contributed by atoms with Crippen LogP contribution >= 0.6 is 0 Å². The predicted molar refractivity (Wildman–Crippen MR) is 176 cm³/mol. The minimum atomic E-state index is -3.31. The Morgan fingerprint density at radius 1 is 1.11 bits per heavy atom. The van der Waals surface area contributed by atoms with Crippen LogP contribution in [0.1, 0.15) is 62.3 Å². The molecule has 3 atom stereocenters. The van der Waals surface area contributed by atoms with Crippen LogP contribution in [0.4, 0.5) is 20.3 Å². The van der Waals surface area contributed by atoms with Crippen molar-refractivity contribution in [3.63, 3.8) is 0 Å². The first-order valence-corrected chi connectivity index (χ1v) is 18.6. The summed E-state index contributed by atoms with van der Waals surface area (Å²) in [7, 11) is -3.31. The Balaban J connectivity index is 1.17. The van der Waals surface area contributed by atoms with Crippen molar-refractivity contribution in [1.29, 1.82) is 0 Å². The highest BCUT2D eigenvalue weighted by Gasteiger charge is 2.50. The molecule has 5 aliphatic heterocycles. The molecule has 4 fully saturated rings. The summed E-state index contributed by atoms with van der Waals surface area (Å²) in [5.74, 6) is 0.721. The minimum Gasteiger partial charge on any atom is -0.508 e. The molecule has 0 amide bonds. The van der Waals surface area contributed by atoms with Gasteiger partial charge in [0.25, 0.3) is 0 Å². The van der Waals surface area contributed by atoms with Crippen molar-refractivity contribution >= 4 is 32.3 Å². The standard InChI is InChI=1S/C34H42F2N6O4S/c1-2-25-27(36)6-5-22-15-24(43)16-29(30(22)25)40-13-7-26-28(19-40)37-32(46-21-34-9-4-12-42(34)18-23(35)17-34)38-31(26)41-11-3-8-33(20-41)10-14-47(44,45)39-33/h5-6,15-16,23,39,43H,2-4,7-14,17-21H2,1H3/t23-,33?,34+/m1/s1. The van der Waals surface area contributed by atoms with E-state index in [1.165, 1.54) is 6.07 Å². The number of aryl methyl sites for hydroxylation is 1. The number of alkyl halides is 1. The minimum absolute atomic E-state index is 0.111. The maximum Gasteiger partial charge on any atom is 0.318 e. The summed E-state index contributed by atoms with van der Waals surface area (Å²) in [5, 5.41) is 12.2. The first-order valence-electron chi connectivity index (χ1n) is 16.9. The maximum absolute atomic E-state index is 15.0. The van der Waals surface area contributed by atoms with Crippen molar-refractivity contribution in [3.8, 4) is 11.8 Å². The summed E-state index contributed by atoms with van der Waals surface area (Å²) >= 11 is 0. The van der Waals surface area contributed by atoms with Gasteiger partial charge in [-0.3, -0.25) is 4.90 Å². The Labute approximate surface area is 274 Å². The molecule has 10 nitrogen and oxygen atoms in total. The molecule has 13 heteroatoms. The lowest BCUT2D eigenvalue weighted by Crippen LogP contribution is -2.55. The van der Waals surface area contributed by atoms with Crippen molar-refractivity contribution in [1.82, 2.24) is 19.6 Å². The van der Waals surface area contributed by atoms with E-state index in [-0.39, 0.29) is 28.9 Å². The van der Waals surface area contributed by atoms with E-state index in [0.717, 1.165) is 72.3 Å². The summed E-state index contributed by atoms with van der Waals surface area (Å²) in [4.78, 5) is 16.5. The zero-order valence-electron chi connectivity index (χ0n) is 26.8. The van der Waals surface area contributed by atoms with Crippen LogP contribution in [0.3, 0.4) is 0 Å². The molecule has 0 bridgehead atoms. The van der Waals surface area contributed by atoms with E-state index >= 15 is 4.39 Å². The second kappa shape index (κ2) is 11.4. The number of rotatable bonds is 6. The van der Waals surface area contributed by atoms with E-state index < -0.39 is 21.7 Å². The van der Waals surface area contributed by atoms with Crippen molar-refractivity contribution in [3.05, 3.63) is 46.9 Å². The Bertz CT molecular complexity index is 1850. The molecule has 0 radical (unpaired) electrons. The number of phenols is 1. The fourth-order valence-electron chi connectivity index (χ4n) is 9.00. The number of piperidine rings is 1. The van der Waals surface area contributed by atoms with Gasteiger partial charge in [-0.25, -0.2) is 21.9 Å². The van der Waals surface area contributed by atoms with Crippen LogP contribution in [0.15, 0.2) is 24.3 Å². The molecule has 1 spiro atoms. The molecule has 3 aromatic rings. The van der Waals surface area contributed by atoms with Crippen molar-refractivity contribution < 1.29 is 27.0 Å². The number of hydrogen-bond acceptors (Lipinski definition) is 9. The molecule has 8 rings (SSSR count). The Morgan fingerprint density at radius 2 is 1.96 bits per heavy atom. The monoisotopic (exact) mass is 668 g/mol. The number of halogens is 2. The highest BCUT2D eigenvalue weighted by Crippen LogP contribution is 2.42. The van der Waals surface area contributed by atoms with Gasteiger partial charge in [-0.2, -0.15) is 9.97 Å². The largest absolute Gasteiger partial charge is 0.508 e. The zero-order valence-corrected chi connectivity index (χ0v) is 27.6. The second-order valence-electron chi connectivity index (χ2n) is 14.2. The number of ether oxygens (including phenoxy) is 1. The Morgan fingerprint density at radius 3 is 2.77 bits per heavy atom. The van der Waals surface area contributed by atoms with Crippen LogP contribution in [0, 0.1) is 5.82 Å². The van der Waals surface area contributed by atoms with Gasteiger partial charge in [-0.15, -0.1) is 0 Å². The average Bonchev–Trinajstić information content (AvgIpc) is 3.67. The third kappa shape index (κ3) is 5.47. The molecule has 1 aromatic heterocycles. The SMILES string of the molecule is CCc1c(F)ccc2cc(O)cc(N3CCc4c(nc(OC[C@@]56CCCN5C[C@H](F)C6)nc4N4CCCC5(CCS(=O)(=O)N5)C4)C3)c12. The number of aromatic nitrogens is 2. The fourth-order valence-corrected chi connectivity index (χ4v) is 10.7. The van der Waals surface area contributed by atoms with E-state index in [1.807, 2.05) is 6.92 Å². The molecular weight excluding hydrogens is 626 g/mol. The molecule has 4 saturated heterocycles. The third-order valence-electron chi connectivity index (χ3n) is 11.2. The number of sulfonamides is 1. The van der Waals surface area contributed by atoms with Crippen LogP contribution < -0.4 is 19.3 Å². The number of fused-ring (bicyclic) bond motifs is 3. The number of phenolic OH excluding ortho intramolecular Hbond substituents is 1. The van der Waals surface area contributed by atoms with E-state index in [1.54, 1.807) is 18.2 Å². The zero-order chi connectivity index (χ0) is 32.6. The van der Waals surface area contributed by atoms with E-state index in [2.05, 4.69) is 19.4 Å². The molecule has 1 unspecified atom stereocenters. The molecule has 252 valence electrons. The van der Waals surface area contributed by atoms with Gasteiger partial charge in [0.1, 0.15) is 30.2 Å². The lowest BCUT2D eigenvalue weighted by Gasteiger charge is -2.42. The highest BCUT2D eigenvalue weighted by atomic mass is 32.2. The normalized spacial score (nSPS) is 28.7. The predicted octanol–water partition coefficient (Wildman–Crippen LogP) is 4.22. The molecule has 5 aliphatic rings. The summed E-state index contributed by atoms with van der Waals surface area (Å²) in [6, 6.07) is 6.76. The van der Waals surface area contributed by atoms with E-state index in [0.29, 0.717) is 64.0 Å². The van der Waals surface area contributed by atoms with Gasteiger partial charge in [0.2, 0.25) is 10.0 Å². The first kappa shape index (κ1) is 31.0. The van der Waals surface area contributed by atoms with Crippen LogP contribution in [0.25, 0.3) is 10.8 Å². The van der Waals surface area contributed by atoms with E-state index in [4.69, 9.17) is 14.7 Å². The highest BCUT2D eigenvalue weighted by molar-refractivity contribution is 7.89. The van der Waals surface area contributed by atoms with Crippen LogP contribution in [0.5, 0.6) is 11.8 Å². The number of anilines is 2. The number of nitrogens with one attached hydrogen (secondary N) is 1. The topological polar surface area (TPSA) is 111 Å². The van der Waals surface area contributed by atoms with Crippen LogP contribution in [0.2, 0.25) is 0 Å². The van der Waals surface area contributed by atoms with Gasteiger partial charge in [0.15, 0.2) is 0 Å². The quantitative estimate of drug-likeness (QED) is 0.399. The molecule has 2 N–H and O–H groups in total. The number of aromatic hydroxyl groups is 1. The molecule has 0 aliphatic carbocycles. The number of benzene rings is 2. The fraction of sp³-hybridized carbons (Fsp3) is 0.588. The van der Waals surface area contributed by atoms with Crippen molar-refractivity contribution in [2.45, 2.75) is 82.1 Å². The number of nitrogens with zero attached hydrogens (tertiary/aromatic N) is 5. The summed E-state index contributed by atoms with van der Waals surface area (Å²) in [5.41, 5.74) is 2.25. The van der Waals surface area contributed by atoms with Gasteiger partial charge in [-0.05, 0) is 74.6 Å². The number of hydrogen-bond donors (Lipinski definition) is 2. The molecule has 47 heavy (non-hydrogen) atoms. The summed E-state index contributed by atoms with van der Waals surface area (Å²) in [6.45, 7) is 5.76. The summed E-state index contributed by atoms with van der Waals surface area (Å²) in [6.07, 6.45) is 4.71. The van der Waals surface area contributed by atoms with E-state index in [9.17, 15) is 17.9 Å². The summed E-state index contributed by atoms with van der Waals surface area (Å²) < 4.78 is 63.8. The van der Waals surface area contributed by atoms with Gasteiger partial charge in [-0.1, -0.05) is 13.0 Å². The van der Waals surface area contributed by atoms with Crippen LogP contribution in [-0.4, -0.2) is 90.7 Å².